The van der Waals surface area contributed by atoms with Gasteiger partial charge in [0.05, 0.1) is 17.6 Å². The van der Waals surface area contributed by atoms with Gasteiger partial charge in [-0.1, -0.05) is 0 Å². The molecule has 6 nitrogen and oxygen atoms in total. The fraction of sp³-hybridized carbons (Fsp3) is 0.250. The maximum Gasteiger partial charge on any atom is 0.157 e. The Labute approximate surface area is 104 Å². The van der Waals surface area contributed by atoms with Crippen molar-refractivity contribution in [3.8, 4) is 0 Å². The number of hydrogen-bond donors (Lipinski definition) is 1. The molecule has 0 aromatic carbocycles. The molecule has 3 rings (SSSR count). The number of anilines is 2. The lowest BCUT2D eigenvalue weighted by Crippen LogP contribution is -2.01. The molecule has 3 aromatic rings. The van der Waals surface area contributed by atoms with Crippen LogP contribution in [0.5, 0.6) is 0 Å². The molecule has 3 heterocycles. The minimum atomic E-state index is 0.846. The topological polar surface area (TPSA) is 60.0 Å². The van der Waals surface area contributed by atoms with E-state index in [0.717, 1.165) is 28.5 Å². The quantitative estimate of drug-likeness (QED) is 0.744. The third-order valence-electron chi connectivity index (χ3n) is 2.65. The number of aromatic nitrogens is 5. The number of fused-ring (bicyclic) bond motifs is 1. The first kappa shape index (κ1) is 10.8. The van der Waals surface area contributed by atoms with E-state index in [2.05, 4.69) is 20.5 Å². The molecular weight excluding hydrogens is 228 g/mol. The number of nitrogens with zero attached hydrogens (tertiary/aromatic N) is 5. The van der Waals surface area contributed by atoms with E-state index in [1.807, 2.05) is 39.2 Å². The summed E-state index contributed by atoms with van der Waals surface area (Å²) < 4.78 is 3.55. The van der Waals surface area contributed by atoms with Crippen molar-refractivity contribution >= 4 is 17.2 Å². The highest BCUT2D eigenvalue weighted by Crippen LogP contribution is 2.18. The maximum absolute atomic E-state index is 4.44. The van der Waals surface area contributed by atoms with E-state index < -0.39 is 0 Å². The summed E-state index contributed by atoms with van der Waals surface area (Å²) in [7, 11) is 1.89. The van der Waals surface area contributed by atoms with Crippen LogP contribution in [0.1, 0.15) is 11.4 Å². The first-order valence-electron chi connectivity index (χ1n) is 5.71. The molecule has 0 amide bonds. The van der Waals surface area contributed by atoms with Crippen LogP contribution >= 0.6 is 0 Å². The number of hydrogen-bond acceptors (Lipinski definition) is 4. The van der Waals surface area contributed by atoms with E-state index in [-0.39, 0.29) is 0 Å². The summed E-state index contributed by atoms with van der Waals surface area (Å²) in [6.45, 7) is 3.93. The summed E-state index contributed by atoms with van der Waals surface area (Å²) in [6, 6.07) is 3.92. The predicted molar refractivity (Wildman–Crippen MR) is 69.0 cm³/mol. The van der Waals surface area contributed by atoms with Gasteiger partial charge in [-0.25, -0.2) is 4.98 Å². The Morgan fingerprint density at radius 1 is 1.17 bits per heavy atom. The summed E-state index contributed by atoms with van der Waals surface area (Å²) in [6.07, 6.45) is 3.69. The molecule has 0 saturated heterocycles. The van der Waals surface area contributed by atoms with Gasteiger partial charge in [-0.3, -0.25) is 4.68 Å². The third-order valence-corrected chi connectivity index (χ3v) is 2.65. The second-order valence-corrected chi connectivity index (χ2v) is 4.37. The molecule has 0 aliphatic carbocycles. The van der Waals surface area contributed by atoms with E-state index in [0.29, 0.717) is 0 Å². The summed E-state index contributed by atoms with van der Waals surface area (Å²) in [4.78, 5) is 4.44. The third kappa shape index (κ3) is 1.81. The van der Waals surface area contributed by atoms with Crippen LogP contribution < -0.4 is 5.32 Å². The SMILES string of the molecule is Cc1cc(Nc2cnn(C)c2)n2nc(C)cc2n1. The van der Waals surface area contributed by atoms with Gasteiger partial charge in [0.15, 0.2) is 5.65 Å². The summed E-state index contributed by atoms with van der Waals surface area (Å²) in [5, 5.41) is 11.9. The Bertz CT molecular complexity index is 709. The fourth-order valence-corrected chi connectivity index (χ4v) is 1.94. The van der Waals surface area contributed by atoms with E-state index in [9.17, 15) is 0 Å². The molecule has 1 N–H and O–H groups in total. The van der Waals surface area contributed by atoms with Crippen molar-refractivity contribution in [3.63, 3.8) is 0 Å². The fourth-order valence-electron chi connectivity index (χ4n) is 1.94. The van der Waals surface area contributed by atoms with E-state index in [1.165, 1.54) is 0 Å². The summed E-state index contributed by atoms with van der Waals surface area (Å²) in [5.41, 5.74) is 3.67. The van der Waals surface area contributed by atoms with Gasteiger partial charge >= 0.3 is 0 Å². The molecule has 0 bridgehead atoms. The normalized spacial score (nSPS) is 11.1. The van der Waals surface area contributed by atoms with E-state index in [1.54, 1.807) is 15.4 Å². The molecule has 92 valence electrons. The largest absolute Gasteiger partial charge is 0.337 e. The van der Waals surface area contributed by atoms with Crippen LogP contribution in [0.25, 0.3) is 5.65 Å². The van der Waals surface area contributed by atoms with Gasteiger partial charge < -0.3 is 5.32 Å². The zero-order valence-electron chi connectivity index (χ0n) is 10.5. The first-order chi connectivity index (χ1) is 8.61. The van der Waals surface area contributed by atoms with E-state index in [4.69, 9.17) is 0 Å². The van der Waals surface area contributed by atoms with Crippen LogP contribution in [0.4, 0.5) is 11.5 Å². The number of aryl methyl sites for hydroxylation is 3. The van der Waals surface area contributed by atoms with Crippen LogP contribution in [0.3, 0.4) is 0 Å². The molecule has 3 aromatic heterocycles. The minimum Gasteiger partial charge on any atom is -0.337 e. The average Bonchev–Trinajstić information content (AvgIpc) is 2.84. The van der Waals surface area contributed by atoms with Crippen molar-refractivity contribution in [1.29, 1.82) is 0 Å². The van der Waals surface area contributed by atoms with Crippen molar-refractivity contribution in [2.24, 2.45) is 7.05 Å². The van der Waals surface area contributed by atoms with Gasteiger partial charge in [-0.15, -0.1) is 0 Å². The molecule has 0 aliphatic rings. The Morgan fingerprint density at radius 3 is 2.72 bits per heavy atom. The molecular formula is C12H14N6. The van der Waals surface area contributed by atoms with Gasteiger partial charge in [-0.2, -0.15) is 14.7 Å². The second-order valence-electron chi connectivity index (χ2n) is 4.37. The van der Waals surface area contributed by atoms with Crippen molar-refractivity contribution in [1.82, 2.24) is 24.4 Å². The molecule has 0 spiro atoms. The minimum absolute atomic E-state index is 0.846. The van der Waals surface area contributed by atoms with Crippen molar-refractivity contribution in [3.05, 3.63) is 35.9 Å². The summed E-state index contributed by atoms with van der Waals surface area (Å²) >= 11 is 0. The van der Waals surface area contributed by atoms with Crippen LogP contribution in [-0.4, -0.2) is 24.4 Å². The van der Waals surface area contributed by atoms with Gasteiger partial charge in [0, 0.05) is 31.1 Å². The number of nitrogens with one attached hydrogen (secondary N) is 1. The zero-order chi connectivity index (χ0) is 12.7. The maximum atomic E-state index is 4.44. The average molecular weight is 242 g/mol. The molecule has 0 fully saturated rings. The Kier molecular flexibility index (Phi) is 2.29. The molecule has 0 saturated carbocycles. The van der Waals surface area contributed by atoms with Crippen molar-refractivity contribution in [2.45, 2.75) is 13.8 Å². The molecule has 6 heteroatoms. The van der Waals surface area contributed by atoms with Crippen molar-refractivity contribution < 1.29 is 0 Å². The highest BCUT2D eigenvalue weighted by atomic mass is 15.3. The molecule has 0 aliphatic heterocycles. The highest BCUT2D eigenvalue weighted by Gasteiger charge is 2.07. The Hall–Kier alpha value is -2.37. The van der Waals surface area contributed by atoms with Crippen LogP contribution in [0, 0.1) is 13.8 Å². The highest BCUT2D eigenvalue weighted by molar-refractivity contribution is 5.58. The van der Waals surface area contributed by atoms with Crippen LogP contribution in [0.15, 0.2) is 24.5 Å². The Balaban J connectivity index is 2.10. The zero-order valence-corrected chi connectivity index (χ0v) is 10.5. The lowest BCUT2D eigenvalue weighted by Gasteiger charge is -2.06. The van der Waals surface area contributed by atoms with Gasteiger partial charge in [0.2, 0.25) is 0 Å². The second kappa shape index (κ2) is 3.83. The summed E-state index contributed by atoms with van der Waals surface area (Å²) in [5.74, 6) is 0.888. The van der Waals surface area contributed by atoms with Crippen molar-refractivity contribution in [2.75, 3.05) is 5.32 Å². The van der Waals surface area contributed by atoms with Crippen LogP contribution in [0.2, 0.25) is 0 Å². The van der Waals surface area contributed by atoms with E-state index >= 15 is 0 Å². The van der Waals surface area contributed by atoms with Gasteiger partial charge in [0.1, 0.15) is 5.82 Å². The standard InChI is InChI=1S/C12H14N6/c1-8-4-12(15-10-6-13-17(3)7-10)18-11(14-8)5-9(2)16-18/h4-7,15H,1-3H3. The Morgan fingerprint density at radius 2 is 2.00 bits per heavy atom. The first-order valence-corrected chi connectivity index (χ1v) is 5.71. The molecule has 0 unspecified atom stereocenters. The predicted octanol–water partition coefficient (Wildman–Crippen LogP) is 1.82. The monoisotopic (exact) mass is 242 g/mol. The lowest BCUT2D eigenvalue weighted by atomic mass is 10.4. The molecule has 0 radical (unpaired) electrons. The van der Waals surface area contributed by atoms with Gasteiger partial charge in [0.25, 0.3) is 0 Å². The lowest BCUT2D eigenvalue weighted by molar-refractivity contribution is 0.768. The smallest absolute Gasteiger partial charge is 0.157 e. The van der Waals surface area contributed by atoms with Gasteiger partial charge in [-0.05, 0) is 13.8 Å². The number of rotatable bonds is 2. The molecule has 0 atom stereocenters. The molecule has 18 heavy (non-hydrogen) atoms. The van der Waals surface area contributed by atoms with Crippen LogP contribution in [-0.2, 0) is 7.05 Å².